The number of amides is 1. The SMILES string of the molecule is COc1cc(OC)cc(C(=O)N/N=C(/C)c2cc3cccc(OC)c3o2)c1. The summed E-state index contributed by atoms with van der Waals surface area (Å²) in [6.45, 7) is 1.75. The molecule has 0 aliphatic heterocycles. The van der Waals surface area contributed by atoms with Gasteiger partial charge < -0.3 is 18.6 Å². The molecule has 7 nitrogen and oxygen atoms in total. The molecule has 27 heavy (non-hydrogen) atoms. The minimum absolute atomic E-state index is 0.369. The monoisotopic (exact) mass is 368 g/mol. The number of hydrazone groups is 1. The Balaban J connectivity index is 1.82. The Morgan fingerprint density at radius 1 is 1.00 bits per heavy atom. The van der Waals surface area contributed by atoms with Crippen molar-refractivity contribution in [3.05, 3.63) is 53.8 Å². The lowest BCUT2D eigenvalue weighted by atomic mass is 10.2. The number of hydrogen-bond acceptors (Lipinski definition) is 6. The van der Waals surface area contributed by atoms with Crippen LogP contribution in [-0.4, -0.2) is 32.9 Å². The fourth-order valence-corrected chi connectivity index (χ4v) is 2.57. The number of furan rings is 1. The van der Waals surface area contributed by atoms with Crippen LogP contribution in [0.3, 0.4) is 0 Å². The van der Waals surface area contributed by atoms with Crippen LogP contribution in [0.15, 0.2) is 52.0 Å². The average molecular weight is 368 g/mol. The molecule has 0 radical (unpaired) electrons. The molecule has 0 saturated heterocycles. The number of para-hydroxylation sites is 1. The topological polar surface area (TPSA) is 82.3 Å². The van der Waals surface area contributed by atoms with Crippen molar-refractivity contribution < 1.29 is 23.4 Å². The van der Waals surface area contributed by atoms with E-state index in [2.05, 4.69) is 10.5 Å². The standard InChI is InChI=1S/C20H20N2O5/c1-12(18-10-13-6-5-7-17(26-4)19(13)27-18)21-22-20(23)14-8-15(24-2)11-16(9-14)25-3/h5-11H,1-4H3,(H,22,23)/b21-12-. The summed E-state index contributed by atoms with van der Waals surface area (Å²) in [5.74, 6) is 1.83. The summed E-state index contributed by atoms with van der Waals surface area (Å²) in [4.78, 5) is 12.4. The van der Waals surface area contributed by atoms with E-state index in [1.54, 1.807) is 32.2 Å². The third kappa shape index (κ3) is 3.87. The van der Waals surface area contributed by atoms with Crippen molar-refractivity contribution >= 4 is 22.6 Å². The Kier molecular flexibility index (Phi) is 5.30. The number of benzene rings is 2. The fraction of sp³-hybridized carbons (Fsp3) is 0.200. The lowest BCUT2D eigenvalue weighted by Gasteiger charge is -2.07. The minimum atomic E-state index is -0.389. The third-order valence-electron chi connectivity index (χ3n) is 4.02. The fourth-order valence-electron chi connectivity index (χ4n) is 2.57. The molecular weight excluding hydrogens is 348 g/mol. The highest BCUT2D eigenvalue weighted by molar-refractivity contribution is 6.02. The van der Waals surface area contributed by atoms with Crippen molar-refractivity contribution in [3.8, 4) is 17.2 Å². The molecule has 0 aliphatic carbocycles. The number of hydrogen-bond donors (Lipinski definition) is 1. The van der Waals surface area contributed by atoms with Crippen molar-refractivity contribution in [2.45, 2.75) is 6.92 Å². The van der Waals surface area contributed by atoms with Crippen LogP contribution in [0.2, 0.25) is 0 Å². The van der Waals surface area contributed by atoms with Crippen molar-refractivity contribution in [2.24, 2.45) is 5.10 Å². The maximum Gasteiger partial charge on any atom is 0.271 e. The van der Waals surface area contributed by atoms with E-state index in [4.69, 9.17) is 18.6 Å². The highest BCUT2D eigenvalue weighted by Crippen LogP contribution is 2.28. The number of methoxy groups -OCH3 is 3. The molecular formula is C20H20N2O5. The molecule has 0 unspecified atom stereocenters. The first-order valence-electron chi connectivity index (χ1n) is 8.20. The highest BCUT2D eigenvalue weighted by Gasteiger charge is 2.12. The number of nitrogens with one attached hydrogen (secondary N) is 1. The van der Waals surface area contributed by atoms with E-state index in [9.17, 15) is 4.79 Å². The van der Waals surface area contributed by atoms with Crippen LogP contribution < -0.4 is 19.6 Å². The van der Waals surface area contributed by atoms with Crippen LogP contribution >= 0.6 is 0 Å². The molecule has 0 spiro atoms. The second-order valence-electron chi connectivity index (χ2n) is 5.73. The van der Waals surface area contributed by atoms with E-state index in [-0.39, 0.29) is 5.91 Å². The van der Waals surface area contributed by atoms with E-state index in [1.807, 2.05) is 24.3 Å². The molecule has 1 aromatic heterocycles. The molecule has 3 rings (SSSR count). The van der Waals surface area contributed by atoms with E-state index in [0.29, 0.717) is 39.9 Å². The molecule has 0 aliphatic rings. The average Bonchev–Trinajstić information content (AvgIpc) is 3.15. The highest BCUT2D eigenvalue weighted by atomic mass is 16.5. The van der Waals surface area contributed by atoms with E-state index >= 15 is 0 Å². The predicted octanol–water partition coefficient (Wildman–Crippen LogP) is 3.61. The van der Waals surface area contributed by atoms with Gasteiger partial charge in [-0.25, -0.2) is 5.43 Å². The summed E-state index contributed by atoms with van der Waals surface area (Å²) in [5.41, 5.74) is 4.05. The third-order valence-corrected chi connectivity index (χ3v) is 4.02. The van der Waals surface area contributed by atoms with Gasteiger partial charge in [-0.2, -0.15) is 5.10 Å². The molecule has 7 heteroatoms. The maximum absolute atomic E-state index is 12.4. The van der Waals surface area contributed by atoms with Crippen molar-refractivity contribution in [3.63, 3.8) is 0 Å². The molecule has 0 saturated carbocycles. The van der Waals surface area contributed by atoms with Crippen LogP contribution in [0.4, 0.5) is 0 Å². The van der Waals surface area contributed by atoms with Gasteiger partial charge in [0, 0.05) is 17.0 Å². The van der Waals surface area contributed by atoms with Gasteiger partial charge in [-0.05, 0) is 31.2 Å². The first-order chi connectivity index (χ1) is 13.0. The maximum atomic E-state index is 12.4. The second kappa shape index (κ2) is 7.82. The van der Waals surface area contributed by atoms with Crippen molar-refractivity contribution in [1.82, 2.24) is 5.43 Å². The Labute approximate surface area is 156 Å². The van der Waals surface area contributed by atoms with Crippen LogP contribution in [0, 0.1) is 0 Å². The molecule has 1 amide bonds. The number of nitrogens with zero attached hydrogens (tertiary/aromatic N) is 1. The van der Waals surface area contributed by atoms with Crippen LogP contribution in [0.5, 0.6) is 17.2 Å². The number of carbonyl (C=O) groups excluding carboxylic acids is 1. The van der Waals surface area contributed by atoms with Gasteiger partial charge in [-0.15, -0.1) is 0 Å². The van der Waals surface area contributed by atoms with Gasteiger partial charge in [0.25, 0.3) is 5.91 Å². The Hall–Kier alpha value is -3.48. The molecule has 3 aromatic rings. The zero-order valence-corrected chi connectivity index (χ0v) is 15.5. The summed E-state index contributed by atoms with van der Waals surface area (Å²) < 4.78 is 21.5. The van der Waals surface area contributed by atoms with E-state index in [0.717, 1.165) is 5.39 Å². The van der Waals surface area contributed by atoms with E-state index in [1.165, 1.54) is 14.2 Å². The Morgan fingerprint density at radius 3 is 2.33 bits per heavy atom. The van der Waals surface area contributed by atoms with Crippen molar-refractivity contribution in [1.29, 1.82) is 0 Å². The lowest BCUT2D eigenvalue weighted by Crippen LogP contribution is -2.19. The quantitative estimate of drug-likeness (QED) is 0.531. The Bertz CT molecular complexity index is 985. The molecule has 1 heterocycles. The summed E-state index contributed by atoms with van der Waals surface area (Å²) >= 11 is 0. The number of fused-ring (bicyclic) bond motifs is 1. The van der Waals surface area contributed by atoms with Crippen LogP contribution in [0.1, 0.15) is 23.0 Å². The van der Waals surface area contributed by atoms with Crippen LogP contribution in [0.25, 0.3) is 11.0 Å². The van der Waals surface area contributed by atoms with E-state index < -0.39 is 0 Å². The largest absolute Gasteiger partial charge is 0.497 e. The normalized spacial score (nSPS) is 11.3. The van der Waals surface area contributed by atoms with Crippen molar-refractivity contribution in [2.75, 3.05) is 21.3 Å². The molecule has 140 valence electrons. The number of ether oxygens (including phenoxy) is 3. The van der Waals surface area contributed by atoms with Gasteiger partial charge in [0.15, 0.2) is 17.1 Å². The minimum Gasteiger partial charge on any atom is -0.497 e. The van der Waals surface area contributed by atoms with Gasteiger partial charge in [0.2, 0.25) is 0 Å². The first-order valence-corrected chi connectivity index (χ1v) is 8.20. The summed E-state index contributed by atoms with van der Waals surface area (Å²) in [6.07, 6.45) is 0. The number of rotatable bonds is 6. The summed E-state index contributed by atoms with van der Waals surface area (Å²) in [6, 6.07) is 12.4. The smallest absolute Gasteiger partial charge is 0.271 e. The van der Waals surface area contributed by atoms with Gasteiger partial charge in [-0.1, -0.05) is 12.1 Å². The summed E-state index contributed by atoms with van der Waals surface area (Å²) in [5, 5.41) is 5.02. The molecule has 1 N–H and O–H groups in total. The Morgan fingerprint density at radius 2 is 1.70 bits per heavy atom. The molecule has 0 fully saturated rings. The molecule has 2 aromatic carbocycles. The number of carbonyl (C=O) groups is 1. The zero-order valence-electron chi connectivity index (χ0n) is 15.5. The van der Waals surface area contributed by atoms with Gasteiger partial charge >= 0.3 is 0 Å². The second-order valence-corrected chi connectivity index (χ2v) is 5.73. The predicted molar refractivity (Wildman–Crippen MR) is 102 cm³/mol. The lowest BCUT2D eigenvalue weighted by molar-refractivity contribution is 0.0954. The first kappa shape index (κ1) is 18.3. The molecule has 0 atom stereocenters. The van der Waals surface area contributed by atoms with Gasteiger partial charge in [0.1, 0.15) is 17.2 Å². The van der Waals surface area contributed by atoms with Gasteiger partial charge in [0.05, 0.1) is 21.3 Å². The molecule has 0 bridgehead atoms. The zero-order chi connectivity index (χ0) is 19.4. The van der Waals surface area contributed by atoms with Gasteiger partial charge in [-0.3, -0.25) is 4.79 Å². The summed E-state index contributed by atoms with van der Waals surface area (Å²) in [7, 11) is 4.63. The van der Waals surface area contributed by atoms with Crippen LogP contribution in [-0.2, 0) is 0 Å².